The van der Waals surface area contributed by atoms with E-state index >= 15 is 0 Å². The number of nitrogens with zero attached hydrogens (tertiary/aromatic N) is 1. The fourth-order valence-electron chi connectivity index (χ4n) is 3.33. The largest absolute Gasteiger partial charge is 0.306 e. The van der Waals surface area contributed by atoms with Crippen LogP contribution in [-0.4, -0.2) is 25.0 Å². The molecule has 0 aromatic heterocycles. The topological polar surface area (TPSA) is 3.24 Å². The molecule has 3 rings (SSSR count). The van der Waals surface area contributed by atoms with Crippen molar-refractivity contribution in [1.82, 2.24) is 4.90 Å². The van der Waals surface area contributed by atoms with E-state index in [1.165, 1.54) is 38.8 Å². The van der Waals surface area contributed by atoms with E-state index in [2.05, 4.69) is 36.2 Å². The highest BCUT2D eigenvalue weighted by atomic mass is 15.1. The molecule has 1 heterocycles. The molecule has 1 aliphatic carbocycles. The van der Waals surface area contributed by atoms with E-state index in [1.54, 1.807) is 11.1 Å². The van der Waals surface area contributed by atoms with Crippen molar-refractivity contribution >= 4 is 0 Å². The van der Waals surface area contributed by atoms with Crippen LogP contribution in [0, 0.1) is 0 Å². The van der Waals surface area contributed by atoms with Crippen LogP contribution in [0.25, 0.3) is 0 Å². The van der Waals surface area contributed by atoms with Gasteiger partial charge in [-0.25, -0.2) is 0 Å². The maximum absolute atomic E-state index is 2.46. The molecule has 0 saturated carbocycles. The number of hydrogen-bond acceptors (Lipinski definition) is 1. The van der Waals surface area contributed by atoms with Crippen LogP contribution in [0.1, 0.15) is 30.4 Å². The predicted molar refractivity (Wildman–Crippen MR) is 63.2 cm³/mol. The zero-order valence-corrected chi connectivity index (χ0v) is 9.50. The Hall–Kier alpha value is -0.820. The Bertz CT molecular complexity index is 361. The summed E-state index contributed by atoms with van der Waals surface area (Å²) in [6.45, 7) is 2.54. The van der Waals surface area contributed by atoms with Crippen molar-refractivity contribution in [3.63, 3.8) is 0 Å². The first-order valence-corrected chi connectivity index (χ1v) is 6.07. The van der Waals surface area contributed by atoms with E-state index in [-0.39, 0.29) is 0 Å². The van der Waals surface area contributed by atoms with Crippen molar-refractivity contribution in [2.75, 3.05) is 20.1 Å². The number of rotatable bonds is 0. The van der Waals surface area contributed by atoms with Crippen LogP contribution >= 0.6 is 0 Å². The lowest BCUT2D eigenvalue weighted by Gasteiger charge is -2.38. The number of piperidine rings is 1. The zero-order chi connectivity index (χ0) is 10.3. The number of fused-ring (bicyclic) bond motifs is 2. The average molecular weight is 201 g/mol. The van der Waals surface area contributed by atoms with Gasteiger partial charge in [0.1, 0.15) is 0 Å². The molecule has 0 unspecified atom stereocenters. The maximum atomic E-state index is 2.46. The molecule has 15 heavy (non-hydrogen) atoms. The van der Waals surface area contributed by atoms with E-state index in [0.717, 1.165) is 0 Å². The zero-order valence-electron chi connectivity index (χ0n) is 9.50. The Kier molecular flexibility index (Phi) is 2.10. The molecule has 1 aliphatic heterocycles. The van der Waals surface area contributed by atoms with Crippen LogP contribution in [0.15, 0.2) is 24.3 Å². The van der Waals surface area contributed by atoms with Gasteiger partial charge in [-0.3, -0.25) is 0 Å². The number of hydrogen-bond donors (Lipinski definition) is 0. The van der Waals surface area contributed by atoms with Gasteiger partial charge in [0.15, 0.2) is 0 Å². The summed E-state index contributed by atoms with van der Waals surface area (Å²) in [5, 5.41) is 0. The highest BCUT2D eigenvalue weighted by Gasteiger charge is 2.39. The van der Waals surface area contributed by atoms with E-state index in [0.29, 0.717) is 5.41 Å². The van der Waals surface area contributed by atoms with Gasteiger partial charge in [-0.05, 0) is 62.4 Å². The second-order valence-electron chi connectivity index (χ2n) is 5.24. The first-order valence-electron chi connectivity index (χ1n) is 6.07. The number of likely N-dealkylation sites (tertiary alicyclic amines) is 1. The first-order chi connectivity index (χ1) is 7.30. The normalized spacial score (nSPS) is 24.3. The molecule has 1 nitrogen and oxygen atoms in total. The Morgan fingerprint density at radius 2 is 1.80 bits per heavy atom. The molecule has 0 radical (unpaired) electrons. The molecule has 1 spiro atoms. The van der Waals surface area contributed by atoms with Gasteiger partial charge in [-0.15, -0.1) is 0 Å². The molecule has 1 heteroatoms. The molecular formula is C14H19N. The van der Waals surface area contributed by atoms with Gasteiger partial charge in [-0.2, -0.15) is 0 Å². The van der Waals surface area contributed by atoms with Crippen LogP contribution in [0.2, 0.25) is 0 Å². The minimum absolute atomic E-state index is 0.545. The van der Waals surface area contributed by atoms with Gasteiger partial charge in [0.2, 0.25) is 0 Å². The lowest BCUT2D eigenvalue weighted by molar-refractivity contribution is 0.187. The fourth-order valence-corrected chi connectivity index (χ4v) is 3.33. The van der Waals surface area contributed by atoms with Crippen molar-refractivity contribution in [2.24, 2.45) is 0 Å². The third-order valence-electron chi connectivity index (χ3n) is 4.41. The van der Waals surface area contributed by atoms with Crippen molar-refractivity contribution in [1.29, 1.82) is 0 Å². The van der Waals surface area contributed by atoms with Crippen LogP contribution in [-0.2, 0) is 11.8 Å². The minimum atomic E-state index is 0.545. The third-order valence-corrected chi connectivity index (χ3v) is 4.41. The standard InChI is InChI=1S/C14H19N/c1-15-10-8-14(9-11-15)7-6-12-4-2-3-5-13(12)14/h2-5H,6-11H2,1H3. The van der Waals surface area contributed by atoms with E-state index in [1.807, 2.05) is 0 Å². The lowest BCUT2D eigenvalue weighted by atomic mass is 9.74. The molecule has 0 atom stereocenters. The van der Waals surface area contributed by atoms with Crippen molar-refractivity contribution in [3.8, 4) is 0 Å². The summed E-state index contributed by atoms with van der Waals surface area (Å²) in [4.78, 5) is 2.46. The average Bonchev–Trinajstić information content (AvgIpc) is 2.63. The molecule has 0 bridgehead atoms. The van der Waals surface area contributed by atoms with Gasteiger partial charge >= 0.3 is 0 Å². The Labute approximate surface area is 92.1 Å². The maximum Gasteiger partial charge on any atom is -0.00133 e. The van der Waals surface area contributed by atoms with E-state index < -0.39 is 0 Å². The monoisotopic (exact) mass is 201 g/mol. The SMILES string of the molecule is CN1CCC2(CCc3ccccc32)CC1. The summed E-state index contributed by atoms with van der Waals surface area (Å²) in [5.74, 6) is 0. The molecule has 1 aromatic rings. The summed E-state index contributed by atoms with van der Waals surface area (Å²) < 4.78 is 0. The molecular weight excluding hydrogens is 182 g/mol. The molecule has 1 fully saturated rings. The lowest BCUT2D eigenvalue weighted by Crippen LogP contribution is -2.39. The Morgan fingerprint density at radius 1 is 1.07 bits per heavy atom. The molecule has 1 saturated heterocycles. The fraction of sp³-hybridized carbons (Fsp3) is 0.571. The summed E-state index contributed by atoms with van der Waals surface area (Å²) in [6, 6.07) is 9.09. The van der Waals surface area contributed by atoms with E-state index in [4.69, 9.17) is 0 Å². The second kappa shape index (κ2) is 3.34. The van der Waals surface area contributed by atoms with Crippen LogP contribution < -0.4 is 0 Å². The highest BCUT2D eigenvalue weighted by Crippen LogP contribution is 2.45. The van der Waals surface area contributed by atoms with Crippen molar-refractivity contribution in [2.45, 2.75) is 31.1 Å². The van der Waals surface area contributed by atoms with Gasteiger partial charge in [0.05, 0.1) is 0 Å². The summed E-state index contributed by atoms with van der Waals surface area (Å²) in [6.07, 6.45) is 5.42. The van der Waals surface area contributed by atoms with Gasteiger partial charge in [0.25, 0.3) is 0 Å². The Morgan fingerprint density at radius 3 is 2.60 bits per heavy atom. The molecule has 80 valence electrons. The first kappa shape index (κ1) is 9.41. The van der Waals surface area contributed by atoms with Gasteiger partial charge < -0.3 is 4.90 Å². The quantitative estimate of drug-likeness (QED) is 0.623. The van der Waals surface area contributed by atoms with E-state index in [9.17, 15) is 0 Å². The number of aryl methyl sites for hydroxylation is 1. The summed E-state index contributed by atoms with van der Waals surface area (Å²) in [5.41, 5.74) is 3.82. The van der Waals surface area contributed by atoms with Crippen LogP contribution in [0.4, 0.5) is 0 Å². The minimum Gasteiger partial charge on any atom is -0.306 e. The predicted octanol–water partition coefficient (Wildman–Crippen LogP) is 2.60. The molecule has 0 N–H and O–H groups in total. The van der Waals surface area contributed by atoms with Crippen LogP contribution in [0.3, 0.4) is 0 Å². The van der Waals surface area contributed by atoms with Gasteiger partial charge in [-0.1, -0.05) is 24.3 Å². The smallest absolute Gasteiger partial charge is 0.00133 e. The second-order valence-corrected chi connectivity index (χ2v) is 5.24. The van der Waals surface area contributed by atoms with Gasteiger partial charge in [0, 0.05) is 0 Å². The van der Waals surface area contributed by atoms with Crippen molar-refractivity contribution < 1.29 is 0 Å². The molecule has 0 amide bonds. The molecule has 1 aromatic carbocycles. The Balaban J connectivity index is 1.95. The summed E-state index contributed by atoms with van der Waals surface area (Å²) in [7, 11) is 2.24. The molecule has 2 aliphatic rings. The van der Waals surface area contributed by atoms with Crippen molar-refractivity contribution in [3.05, 3.63) is 35.4 Å². The third kappa shape index (κ3) is 1.41. The summed E-state index contributed by atoms with van der Waals surface area (Å²) >= 11 is 0. The highest BCUT2D eigenvalue weighted by molar-refractivity contribution is 5.39. The van der Waals surface area contributed by atoms with Crippen LogP contribution in [0.5, 0.6) is 0 Å². The number of benzene rings is 1.